The molecule has 0 aromatic carbocycles. The summed E-state index contributed by atoms with van der Waals surface area (Å²) in [5, 5.41) is 31.3. The second-order valence-corrected chi connectivity index (χ2v) is 48.5. The molecule has 264 valence electrons. The molecule has 0 amide bonds. The van der Waals surface area contributed by atoms with Crippen molar-refractivity contribution in [2.75, 3.05) is 56.4 Å². The molecule has 0 atom stereocenters. The van der Waals surface area contributed by atoms with Crippen LogP contribution in [0.2, 0.25) is 0 Å². The molecule has 0 saturated carbocycles. The van der Waals surface area contributed by atoms with Crippen LogP contribution in [-0.4, -0.2) is 75.7 Å². The molecule has 0 N–H and O–H groups in total. The first kappa shape index (κ1) is 92.9. The molecular weight excluding hydrogens is 2360 g/mol. The minimum absolute atomic E-state index is 0. The Hall–Kier alpha value is 8.46. The van der Waals surface area contributed by atoms with Crippen LogP contribution < -0.4 is 49.6 Å². The van der Waals surface area contributed by atoms with Gasteiger partial charge in [-0.25, -0.2) is 0 Å². The number of halogens is 16. The first-order valence-electron chi connectivity index (χ1n) is 7.99. The molecule has 0 fully saturated rings. The summed E-state index contributed by atoms with van der Waals surface area (Å²) in [6, 6.07) is 0. The normalized spacial score (nSPS) is 6.19. The van der Waals surface area contributed by atoms with Crippen molar-refractivity contribution in [1.29, 1.82) is 21.0 Å². The Kier molecular flexibility index (Phi) is 193. The van der Waals surface area contributed by atoms with E-state index in [9.17, 15) is 0 Å². The van der Waals surface area contributed by atoms with E-state index < -0.39 is 0 Å². The Morgan fingerprint density at radius 1 is 0.333 bits per heavy atom. The Balaban J connectivity index is -0.0000000175. The van der Waals surface area contributed by atoms with Gasteiger partial charge in [-0.1, -0.05) is 271 Å². The van der Waals surface area contributed by atoms with Gasteiger partial charge in [0.25, 0.3) is 0 Å². The average molecular weight is 2390 g/mol. The minimum atomic E-state index is 0. The maximum atomic E-state index is 7.82. The summed E-state index contributed by atoms with van der Waals surface area (Å²) in [5.74, 6) is 0. The first-order chi connectivity index (χ1) is 16.0. The standard InChI is InChI=1S/4C3H6N2.4CHI3.4ClH.2Pt/c4*1-5(2)3-4;4*2-1(3)4;;;;;;/h4*1-2H3;4*1H;4*1H;;/q;;;;;;;;;;;;2*+2/p-4. The molecule has 0 saturated heterocycles. The van der Waals surface area contributed by atoms with Crippen molar-refractivity contribution >= 4 is 271 Å². The number of nitriles is 4. The summed E-state index contributed by atoms with van der Waals surface area (Å²) < 4.78 is 2.97. The second kappa shape index (κ2) is 87.4. The molecule has 0 bridgehead atoms. The van der Waals surface area contributed by atoms with Crippen molar-refractivity contribution in [2.45, 2.75) is -0.248 Å². The zero-order valence-electron chi connectivity index (χ0n) is 22.6. The Bertz CT molecular complexity index is 461. The van der Waals surface area contributed by atoms with Crippen LogP contribution in [0, 0.1) is 45.8 Å². The quantitative estimate of drug-likeness (QED) is 0.124. The summed E-state index contributed by atoms with van der Waals surface area (Å²) in [7, 11) is 13.6. The molecule has 0 aliphatic heterocycles. The molecule has 8 nitrogen and oxygen atoms in total. The number of hydrogen-bond donors (Lipinski definition) is 0. The monoisotopic (exact) mass is 2380 g/mol. The van der Waals surface area contributed by atoms with Crippen molar-refractivity contribution in [1.82, 2.24) is 19.6 Å². The molecule has 0 rings (SSSR count). The van der Waals surface area contributed by atoms with Crippen LogP contribution in [0.1, 0.15) is 0 Å². The van der Waals surface area contributed by atoms with Crippen LogP contribution in [-0.2, 0) is 42.1 Å². The van der Waals surface area contributed by atoms with Gasteiger partial charge in [0.05, 0.1) is 0 Å². The zero-order chi connectivity index (χ0) is 31.4. The molecule has 42 heavy (non-hydrogen) atoms. The maximum Gasteiger partial charge on any atom is 2.00 e. The fourth-order valence-electron chi connectivity index (χ4n) is 0. The fraction of sp³-hybridized carbons (Fsp3) is 0.750. The third kappa shape index (κ3) is 403. The van der Waals surface area contributed by atoms with E-state index in [1.807, 2.05) is 24.8 Å². The van der Waals surface area contributed by atoms with E-state index in [0.29, 0.717) is 0 Å². The van der Waals surface area contributed by atoms with Crippen LogP contribution in [0.4, 0.5) is 0 Å². The molecule has 0 aromatic heterocycles. The van der Waals surface area contributed by atoms with Gasteiger partial charge in [-0.2, -0.15) is 21.0 Å². The van der Waals surface area contributed by atoms with Gasteiger partial charge in [0.2, 0.25) is 0 Å². The predicted octanol–water partition coefficient (Wildman–Crippen LogP) is -1.57. The maximum absolute atomic E-state index is 7.82. The van der Waals surface area contributed by atoms with Crippen LogP contribution in [0.3, 0.4) is 0 Å². The Morgan fingerprint density at radius 2 is 0.357 bits per heavy atom. The van der Waals surface area contributed by atoms with E-state index in [1.54, 1.807) is 56.4 Å². The van der Waals surface area contributed by atoms with E-state index in [0.717, 1.165) is -0.248 Å². The van der Waals surface area contributed by atoms with Gasteiger partial charge in [0.1, 0.15) is -0.248 Å². The number of nitrogens with zero attached hydrogens (tertiary/aromatic N) is 8. The molecule has 0 aliphatic carbocycles. The third-order valence-corrected chi connectivity index (χ3v) is 0.800. The van der Waals surface area contributed by atoms with Gasteiger partial charge >= 0.3 is 42.1 Å². The van der Waals surface area contributed by atoms with Crippen molar-refractivity contribution in [2.24, 2.45) is 0 Å². The molecule has 0 unspecified atom stereocenters. The number of rotatable bonds is 0. The van der Waals surface area contributed by atoms with Gasteiger partial charge in [-0.15, -0.1) is 0 Å². The summed E-state index contributed by atoms with van der Waals surface area (Å²) in [5.41, 5.74) is 0. The van der Waals surface area contributed by atoms with Crippen LogP contribution in [0.15, 0.2) is 0 Å². The van der Waals surface area contributed by atoms with Crippen molar-refractivity contribution in [3.05, 3.63) is 0 Å². The number of alkyl halides is 12. The van der Waals surface area contributed by atoms with Crippen LogP contribution in [0.5, 0.6) is 0 Å². The van der Waals surface area contributed by atoms with Crippen LogP contribution in [0.25, 0.3) is 0 Å². The van der Waals surface area contributed by atoms with Crippen LogP contribution >= 0.6 is 271 Å². The SMILES string of the molecule is CN(C)C#N.CN(C)C#N.CN(C)C#N.CN(C)C#N.IC(I)I.IC(I)I.IC(I)I.IC(I)I.[Cl-].[Cl-].[Cl-].[Cl-].[Pt+2].[Pt+2]. The van der Waals surface area contributed by atoms with Crippen molar-refractivity contribution in [3.8, 4) is 24.8 Å². The van der Waals surface area contributed by atoms with E-state index >= 15 is 0 Å². The summed E-state index contributed by atoms with van der Waals surface area (Å²) in [4.78, 5) is 5.72. The molecule has 0 aliphatic rings. The minimum Gasteiger partial charge on any atom is -1.00 e. The molecule has 26 heteroatoms. The van der Waals surface area contributed by atoms with Gasteiger partial charge < -0.3 is 69.2 Å². The average Bonchev–Trinajstić information content (AvgIpc) is 2.67. The van der Waals surface area contributed by atoms with Gasteiger partial charge in [0.15, 0.2) is 24.8 Å². The molecule has 0 spiro atoms. The predicted molar refractivity (Wildman–Crippen MR) is 261 cm³/mol. The smallest absolute Gasteiger partial charge is 1.00 e. The largest absolute Gasteiger partial charge is 2.00 e. The van der Waals surface area contributed by atoms with Gasteiger partial charge in [-0.3, -0.25) is 0 Å². The summed E-state index contributed by atoms with van der Waals surface area (Å²) >= 11 is 27.8. The Morgan fingerprint density at radius 3 is 0.357 bits per heavy atom. The van der Waals surface area contributed by atoms with E-state index in [2.05, 4.69) is 271 Å². The molecule has 0 radical (unpaired) electrons. The fourth-order valence-corrected chi connectivity index (χ4v) is 0. The third-order valence-electron chi connectivity index (χ3n) is 0.800. The van der Waals surface area contributed by atoms with E-state index in [-0.39, 0.29) is 91.8 Å². The van der Waals surface area contributed by atoms with E-state index in [1.165, 1.54) is 19.6 Å². The van der Waals surface area contributed by atoms with E-state index in [4.69, 9.17) is 21.0 Å². The number of hydrogen-bond acceptors (Lipinski definition) is 8. The van der Waals surface area contributed by atoms with Crippen molar-refractivity contribution in [3.63, 3.8) is 0 Å². The second-order valence-electron chi connectivity index (χ2n) is 4.97. The summed E-state index contributed by atoms with van der Waals surface area (Å²) in [6.45, 7) is 0. The Labute approximate surface area is 472 Å². The molecular formula is C16H28Cl4I12N8Pt2. The first-order valence-corrected chi connectivity index (χ1v) is 22.9. The zero-order valence-corrected chi connectivity index (χ0v) is 56.0. The topological polar surface area (TPSA) is 108 Å². The molecule has 0 heterocycles. The van der Waals surface area contributed by atoms with Crippen molar-refractivity contribution < 1.29 is 91.8 Å². The molecule has 0 aromatic rings. The summed E-state index contributed by atoms with van der Waals surface area (Å²) in [6.07, 6.45) is 7.44. The van der Waals surface area contributed by atoms with Gasteiger partial charge in [0, 0.05) is 56.4 Å². The van der Waals surface area contributed by atoms with Gasteiger partial charge in [-0.05, 0) is 0 Å².